The molecule has 0 unspecified atom stereocenters. The van der Waals surface area contributed by atoms with Gasteiger partial charge in [-0.15, -0.1) is 11.6 Å². The van der Waals surface area contributed by atoms with E-state index in [4.69, 9.17) is 6.57 Å². The molecule has 26 heavy (non-hydrogen) atoms. The van der Waals surface area contributed by atoms with Crippen LogP contribution in [0.1, 0.15) is 5.56 Å². The fourth-order valence-corrected chi connectivity index (χ4v) is 8.67. The maximum Gasteiger partial charge on any atom is 0.215 e. The van der Waals surface area contributed by atoms with Gasteiger partial charge in [0.25, 0.3) is 0 Å². The molecule has 0 aliphatic rings. The Morgan fingerprint density at radius 1 is 0.692 bits per heavy atom. The van der Waals surface area contributed by atoms with Crippen molar-refractivity contribution in [3.8, 4) is 0 Å². The fourth-order valence-electron chi connectivity index (χ4n) is 3.48. The maximum atomic E-state index is 7.33. The predicted octanol–water partition coefficient (Wildman–Crippen LogP) is 5.81. The van der Waals surface area contributed by atoms with Crippen molar-refractivity contribution in [2.24, 2.45) is 0 Å². The first kappa shape index (κ1) is 20.8. The van der Waals surface area contributed by atoms with Crippen LogP contribution in [0.2, 0.25) is 39.3 Å². The Bertz CT molecular complexity index is 1030. The summed E-state index contributed by atoms with van der Waals surface area (Å²) in [5.74, 6) is 0. The summed E-state index contributed by atoms with van der Waals surface area (Å²) in [5.41, 5.74) is 1.46. The zero-order valence-corrected chi connectivity index (χ0v) is 19.4. The van der Waals surface area contributed by atoms with E-state index in [0.29, 0.717) is 5.69 Å². The van der Waals surface area contributed by atoms with Gasteiger partial charge in [0.2, 0.25) is 5.69 Å². The van der Waals surface area contributed by atoms with Crippen LogP contribution >= 0.6 is 0 Å². The van der Waals surface area contributed by atoms with Crippen LogP contribution in [0.5, 0.6) is 0 Å². The molecule has 3 rings (SSSR count). The quantitative estimate of drug-likeness (QED) is 0.280. The molecule has 3 aromatic rings. The molecule has 1 nitrogen and oxygen atoms in total. The normalized spacial score (nSPS) is 12.0. The zero-order valence-electron chi connectivity index (χ0n) is 16.4. The predicted molar refractivity (Wildman–Crippen MR) is 118 cm³/mol. The van der Waals surface area contributed by atoms with Gasteiger partial charge in [0, 0.05) is 16.5 Å². The summed E-state index contributed by atoms with van der Waals surface area (Å²) in [6.07, 6.45) is 0. The minimum Gasteiger partial charge on any atom is -0.210 e. The van der Waals surface area contributed by atoms with E-state index in [1.165, 1.54) is 16.2 Å². The van der Waals surface area contributed by atoms with E-state index in [2.05, 4.69) is 75.3 Å². The van der Waals surface area contributed by atoms with Crippen LogP contribution in [0.3, 0.4) is 0 Å². The second kappa shape index (κ2) is 6.89. The van der Waals surface area contributed by atoms with E-state index >= 15 is 0 Å². The Kier molecular flexibility index (Phi) is 5.50. The summed E-state index contributed by atoms with van der Waals surface area (Å²) in [6, 6.07) is 13.4. The summed E-state index contributed by atoms with van der Waals surface area (Å²) < 4.78 is 0. The first-order chi connectivity index (χ1) is 11.5. The van der Waals surface area contributed by atoms with Crippen LogP contribution in [0, 0.1) is 13.5 Å². The van der Waals surface area contributed by atoms with Gasteiger partial charge in [-0.25, -0.2) is 4.85 Å². The van der Waals surface area contributed by atoms with E-state index in [1.54, 1.807) is 10.4 Å². The van der Waals surface area contributed by atoms with Crippen molar-refractivity contribution in [3.05, 3.63) is 60.3 Å². The Morgan fingerprint density at radius 3 is 1.46 bits per heavy atom. The average molecular weight is 419 g/mol. The minimum absolute atomic E-state index is 0. The molecule has 0 N–H and O–H groups in total. The van der Waals surface area contributed by atoms with Gasteiger partial charge in [0.05, 0.1) is 16.1 Å². The van der Waals surface area contributed by atoms with Crippen molar-refractivity contribution in [2.45, 2.75) is 39.3 Å². The van der Waals surface area contributed by atoms with Crippen molar-refractivity contribution in [3.63, 3.8) is 0 Å². The number of fused-ring (bicyclic) bond motifs is 2. The van der Waals surface area contributed by atoms with Gasteiger partial charge >= 0.3 is 0 Å². The number of benzene rings is 3. The molecule has 0 amide bonds. The molecule has 0 atom stereocenters. The van der Waals surface area contributed by atoms with E-state index in [-0.39, 0.29) is 16.5 Å². The molecule has 3 aromatic carbocycles. The van der Waals surface area contributed by atoms with Crippen molar-refractivity contribution < 1.29 is 16.5 Å². The molecule has 0 radical (unpaired) electrons. The summed E-state index contributed by atoms with van der Waals surface area (Å²) >= 11 is 0. The molecule has 0 aliphatic heterocycles. The van der Waals surface area contributed by atoms with Gasteiger partial charge in [0.15, 0.2) is 0 Å². The van der Waals surface area contributed by atoms with Crippen LogP contribution in [-0.4, -0.2) is 16.1 Å². The molecule has 138 valence electrons. The third kappa shape index (κ3) is 3.76. The third-order valence-electron chi connectivity index (χ3n) is 4.87. The number of hydrogen-bond donors (Lipinski definition) is 0. The number of hydrogen-bond acceptors (Lipinski definition) is 0. The monoisotopic (exact) mass is 418 g/mol. The molecule has 4 heteroatoms. The molecular weight excluding hydrogens is 393 g/mol. The van der Waals surface area contributed by atoms with Crippen LogP contribution in [0.15, 0.2) is 36.4 Å². The summed E-state index contributed by atoms with van der Waals surface area (Å²) in [7, 11) is -2.84. The largest absolute Gasteiger partial charge is 0.215 e. The molecule has 0 heterocycles. The second-order valence-corrected chi connectivity index (χ2v) is 19.1. The van der Waals surface area contributed by atoms with Crippen LogP contribution in [0.4, 0.5) is 5.69 Å². The maximum absolute atomic E-state index is 7.33. The van der Waals surface area contributed by atoms with Crippen molar-refractivity contribution in [1.29, 1.82) is 0 Å². The Morgan fingerprint density at radius 2 is 1.08 bits per heavy atom. The smallest absolute Gasteiger partial charge is 0.210 e. The van der Waals surface area contributed by atoms with Gasteiger partial charge in [-0.05, 0) is 28.3 Å². The van der Waals surface area contributed by atoms with Crippen molar-refractivity contribution in [1.82, 2.24) is 0 Å². The Hall–Kier alpha value is -1.53. The van der Waals surface area contributed by atoms with Crippen LogP contribution in [0.25, 0.3) is 26.4 Å². The molecule has 0 saturated heterocycles. The average Bonchev–Trinajstić information content (AvgIpc) is 2.49. The first-order valence-electron chi connectivity index (χ1n) is 8.76. The Balaban J connectivity index is 0.00000243. The van der Waals surface area contributed by atoms with Crippen molar-refractivity contribution >= 4 is 53.8 Å². The van der Waals surface area contributed by atoms with E-state index in [9.17, 15) is 0 Å². The van der Waals surface area contributed by atoms with E-state index in [1.807, 2.05) is 12.1 Å². The van der Waals surface area contributed by atoms with Crippen molar-refractivity contribution in [2.75, 3.05) is 0 Å². The minimum atomic E-state index is -1.42. The van der Waals surface area contributed by atoms with Gasteiger partial charge < -0.3 is 0 Å². The van der Waals surface area contributed by atoms with E-state index in [0.717, 1.165) is 10.9 Å². The third-order valence-corrected chi connectivity index (χ3v) is 9.18. The Labute approximate surface area is 169 Å². The molecule has 0 spiro atoms. The van der Waals surface area contributed by atoms with Gasteiger partial charge in [-0.1, -0.05) is 73.2 Å². The van der Waals surface area contributed by atoms with Gasteiger partial charge in [-0.2, -0.15) is 6.92 Å². The zero-order chi connectivity index (χ0) is 18.6. The molecular formula is C22H26NNiSi2-. The number of nitrogens with zero attached hydrogens (tertiary/aromatic N) is 1. The molecule has 0 saturated carbocycles. The topological polar surface area (TPSA) is 4.36 Å². The summed E-state index contributed by atoms with van der Waals surface area (Å²) in [4.78, 5) is 3.60. The fraction of sp³-hybridized carbons (Fsp3) is 0.273. The SMILES string of the molecule is [C-]#[N+]c1cc2cc3cc([Si](C)(C)C)c([Si](C)(C)C)cc3cc2cc1[CH2-].[Ni]. The number of rotatable bonds is 2. The molecule has 0 bridgehead atoms. The van der Waals surface area contributed by atoms with E-state index < -0.39 is 16.1 Å². The first-order valence-corrected chi connectivity index (χ1v) is 15.8. The molecule has 0 aliphatic carbocycles. The summed E-state index contributed by atoms with van der Waals surface area (Å²) in [5, 5.41) is 8.10. The second-order valence-electron chi connectivity index (χ2n) is 9.04. The van der Waals surface area contributed by atoms with Gasteiger partial charge in [0.1, 0.15) is 6.57 Å². The summed E-state index contributed by atoms with van der Waals surface area (Å²) in [6.45, 7) is 26.0. The van der Waals surface area contributed by atoms with Crippen LogP contribution < -0.4 is 10.4 Å². The van der Waals surface area contributed by atoms with Crippen LogP contribution in [-0.2, 0) is 16.5 Å². The standard InChI is InChI=1S/C22H26NSi2.Ni/c1-15-9-16-10-18-13-21(24(3,4)5)22(25(6,7)8)14-19(18)11-17(16)12-20(15)23-2;/h9-14H,1H2,3-8H3;/q-1;. The molecule has 0 fully saturated rings. The van der Waals surface area contributed by atoms with Gasteiger partial charge in [-0.3, -0.25) is 0 Å². The molecule has 0 aromatic heterocycles.